The first kappa shape index (κ1) is 17.6. The molecule has 1 aromatic carbocycles. The highest BCUT2D eigenvalue weighted by Gasteiger charge is 2.22. The van der Waals surface area contributed by atoms with Crippen molar-refractivity contribution in [2.45, 2.75) is 6.54 Å². The normalized spacial score (nSPS) is 14.9. The molecule has 0 unspecified atom stereocenters. The fourth-order valence-corrected chi connectivity index (χ4v) is 3.54. The van der Waals surface area contributed by atoms with E-state index in [1.54, 1.807) is 6.20 Å². The summed E-state index contributed by atoms with van der Waals surface area (Å²) < 4.78 is 5.64. The van der Waals surface area contributed by atoms with Crippen molar-refractivity contribution in [2.75, 3.05) is 26.2 Å². The molecule has 3 aromatic rings. The molecule has 4 rings (SSSR count). The molecule has 1 aliphatic rings. The van der Waals surface area contributed by atoms with E-state index in [0.29, 0.717) is 16.5 Å². The van der Waals surface area contributed by atoms with Crippen molar-refractivity contribution >= 4 is 17.2 Å². The lowest BCUT2D eigenvalue weighted by atomic mass is 10.1. The van der Waals surface area contributed by atoms with Crippen LogP contribution in [0.15, 0.2) is 60.2 Å². The van der Waals surface area contributed by atoms with Crippen molar-refractivity contribution in [3.8, 4) is 10.9 Å². The van der Waals surface area contributed by atoms with Gasteiger partial charge in [0.1, 0.15) is 5.75 Å². The van der Waals surface area contributed by atoms with Crippen molar-refractivity contribution in [1.82, 2.24) is 19.8 Å². The monoisotopic (exact) mass is 380 g/mol. The highest BCUT2D eigenvalue weighted by molar-refractivity contribution is 7.11. The molecule has 0 bridgehead atoms. The number of ether oxygens (including phenoxy) is 1. The molecular weight excluding hydrogens is 360 g/mol. The van der Waals surface area contributed by atoms with Gasteiger partial charge < -0.3 is 9.64 Å². The summed E-state index contributed by atoms with van der Waals surface area (Å²) in [5, 5.41) is 2.46. The molecule has 3 heterocycles. The third-order valence-corrected chi connectivity index (χ3v) is 5.14. The summed E-state index contributed by atoms with van der Waals surface area (Å²) in [5.74, 6) is 0.745. The molecule has 0 atom stereocenters. The molecule has 1 saturated heterocycles. The number of carbonyl (C=O) groups excluding carboxylic acids is 1. The Labute approximate surface area is 162 Å². The Balaban J connectivity index is 1.31. The van der Waals surface area contributed by atoms with Gasteiger partial charge in [-0.25, -0.2) is 4.98 Å². The predicted molar refractivity (Wildman–Crippen MR) is 104 cm³/mol. The van der Waals surface area contributed by atoms with E-state index in [2.05, 4.69) is 14.9 Å². The predicted octanol–water partition coefficient (Wildman–Crippen LogP) is 3.29. The number of benzene rings is 1. The van der Waals surface area contributed by atoms with Crippen LogP contribution in [-0.2, 0) is 6.54 Å². The number of hydrogen-bond acceptors (Lipinski definition) is 6. The first-order valence-corrected chi connectivity index (χ1v) is 9.75. The molecule has 1 amide bonds. The fourth-order valence-electron chi connectivity index (χ4n) is 3.04. The summed E-state index contributed by atoms with van der Waals surface area (Å²) in [6.07, 6.45) is 3.52. The van der Waals surface area contributed by atoms with Crippen molar-refractivity contribution in [2.24, 2.45) is 0 Å². The Morgan fingerprint density at radius 3 is 2.48 bits per heavy atom. The molecule has 7 heteroatoms. The molecule has 138 valence electrons. The maximum absolute atomic E-state index is 12.7. The highest BCUT2D eigenvalue weighted by atomic mass is 32.1. The lowest BCUT2D eigenvalue weighted by Crippen LogP contribution is -2.48. The number of hydrogen-bond donors (Lipinski definition) is 0. The second-order valence-electron chi connectivity index (χ2n) is 6.31. The van der Waals surface area contributed by atoms with Crippen LogP contribution in [0.25, 0.3) is 0 Å². The minimum atomic E-state index is 0.0632. The van der Waals surface area contributed by atoms with Crippen LogP contribution in [0, 0.1) is 0 Å². The third kappa shape index (κ3) is 4.50. The van der Waals surface area contributed by atoms with Crippen LogP contribution in [0.2, 0.25) is 0 Å². The van der Waals surface area contributed by atoms with Gasteiger partial charge in [-0.15, -0.1) is 0 Å². The first-order valence-electron chi connectivity index (χ1n) is 8.87. The van der Waals surface area contributed by atoms with Crippen LogP contribution >= 0.6 is 11.3 Å². The zero-order valence-corrected chi connectivity index (χ0v) is 15.6. The van der Waals surface area contributed by atoms with E-state index in [0.717, 1.165) is 38.4 Å². The van der Waals surface area contributed by atoms with Crippen molar-refractivity contribution < 1.29 is 9.53 Å². The molecule has 0 aliphatic carbocycles. The maximum Gasteiger partial charge on any atom is 0.278 e. The van der Waals surface area contributed by atoms with E-state index in [-0.39, 0.29) is 5.91 Å². The van der Waals surface area contributed by atoms with Gasteiger partial charge in [0, 0.05) is 56.1 Å². The van der Waals surface area contributed by atoms with Gasteiger partial charge in [-0.05, 0) is 36.4 Å². The number of rotatable bonds is 5. The molecule has 1 fully saturated rings. The Morgan fingerprint density at radius 1 is 1.00 bits per heavy atom. The molecule has 0 spiro atoms. The van der Waals surface area contributed by atoms with Gasteiger partial charge in [0.05, 0.1) is 5.69 Å². The quantitative estimate of drug-likeness (QED) is 0.680. The number of thiazole rings is 1. The molecule has 6 nitrogen and oxygen atoms in total. The lowest BCUT2D eigenvalue weighted by Gasteiger charge is -2.34. The number of aromatic nitrogens is 2. The summed E-state index contributed by atoms with van der Waals surface area (Å²) in [6.45, 7) is 3.98. The zero-order valence-electron chi connectivity index (χ0n) is 14.8. The second kappa shape index (κ2) is 8.28. The van der Waals surface area contributed by atoms with Gasteiger partial charge in [-0.2, -0.15) is 0 Å². The summed E-state index contributed by atoms with van der Waals surface area (Å²) in [4.78, 5) is 25.4. The van der Waals surface area contributed by atoms with Crippen LogP contribution in [0.3, 0.4) is 0 Å². The fraction of sp³-hybridized carbons (Fsp3) is 0.250. The number of nitrogens with zero attached hydrogens (tertiary/aromatic N) is 4. The summed E-state index contributed by atoms with van der Waals surface area (Å²) in [5.41, 5.74) is 1.74. The van der Waals surface area contributed by atoms with E-state index in [4.69, 9.17) is 4.74 Å². The molecule has 1 aliphatic heterocycles. The Morgan fingerprint density at radius 2 is 1.81 bits per heavy atom. The number of pyridine rings is 1. The van der Waals surface area contributed by atoms with Crippen LogP contribution < -0.4 is 4.74 Å². The van der Waals surface area contributed by atoms with Crippen LogP contribution in [0.5, 0.6) is 10.9 Å². The topological polar surface area (TPSA) is 58.6 Å². The average Bonchev–Trinajstić information content (AvgIpc) is 3.22. The highest BCUT2D eigenvalue weighted by Crippen LogP contribution is 2.23. The van der Waals surface area contributed by atoms with E-state index < -0.39 is 0 Å². The second-order valence-corrected chi connectivity index (χ2v) is 7.17. The smallest absolute Gasteiger partial charge is 0.278 e. The SMILES string of the molecule is O=C(c1ccc(Oc2nccs2)cc1)N1CCN(Cc2ccccn2)CC1. The summed E-state index contributed by atoms with van der Waals surface area (Å²) >= 11 is 1.43. The van der Waals surface area contributed by atoms with Crippen LogP contribution in [0.4, 0.5) is 0 Å². The van der Waals surface area contributed by atoms with E-state index in [1.165, 1.54) is 11.3 Å². The summed E-state index contributed by atoms with van der Waals surface area (Å²) in [6, 6.07) is 13.2. The van der Waals surface area contributed by atoms with Crippen molar-refractivity contribution in [3.05, 3.63) is 71.5 Å². The summed E-state index contributed by atoms with van der Waals surface area (Å²) in [7, 11) is 0. The standard InChI is InChI=1S/C20H20N4O2S/c25-19(16-4-6-18(7-5-16)26-20-22-9-14-27-20)24-12-10-23(11-13-24)15-17-3-1-2-8-21-17/h1-9,14H,10-13,15H2. The van der Waals surface area contributed by atoms with E-state index in [9.17, 15) is 4.79 Å². The first-order chi connectivity index (χ1) is 13.3. The molecule has 0 N–H and O–H groups in total. The molecular formula is C20H20N4O2S. The Hall–Kier alpha value is -2.77. The maximum atomic E-state index is 12.7. The lowest BCUT2D eigenvalue weighted by molar-refractivity contribution is 0.0627. The van der Waals surface area contributed by atoms with Crippen LogP contribution in [0.1, 0.15) is 16.1 Å². The van der Waals surface area contributed by atoms with Gasteiger partial charge in [0.15, 0.2) is 0 Å². The molecule has 0 radical (unpaired) electrons. The zero-order chi connectivity index (χ0) is 18.5. The third-order valence-electron chi connectivity index (χ3n) is 4.49. The van der Waals surface area contributed by atoms with E-state index >= 15 is 0 Å². The number of amides is 1. The Kier molecular flexibility index (Phi) is 5.41. The van der Waals surface area contributed by atoms with Gasteiger partial charge in [-0.1, -0.05) is 17.4 Å². The van der Waals surface area contributed by atoms with Crippen molar-refractivity contribution in [1.29, 1.82) is 0 Å². The number of piperazine rings is 1. The number of carbonyl (C=O) groups is 1. The molecule has 2 aromatic heterocycles. The van der Waals surface area contributed by atoms with Crippen LogP contribution in [-0.4, -0.2) is 51.9 Å². The minimum absolute atomic E-state index is 0.0632. The molecule has 0 saturated carbocycles. The van der Waals surface area contributed by atoms with Crippen molar-refractivity contribution in [3.63, 3.8) is 0 Å². The largest absolute Gasteiger partial charge is 0.431 e. The minimum Gasteiger partial charge on any atom is -0.431 e. The van der Waals surface area contributed by atoms with Gasteiger partial charge in [0.25, 0.3) is 11.1 Å². The average molecular weight is 380 g/mol. The van der Waals surface area contributed by atoms with E-state index in [1.807, 2.05) is 58.9 Å². The molecule has 27 heavy (non-hydrogen) atoms. The van der Waals surface area contributed by atoms with Gasteiger partial charge in [-0.3, -0.25) is 14.7 Å². The Bertz CT molecular complexity index is 861. The van der Waals surface area contributed by atoms with Gasteiger partial charge >= 0.3 is 0 Å². The van der Waals surface area contributed by atoms with Gasteiger partial charge in [0.2, 0.25) is 0 Å².